The van der Waals surface area contributed by atoms with Gasteiger partial charge in [0.05, 0.1) is 6.04 Å². The van der Waals surface area contributed by atoms with Gasteiger partial charge in [-0.05, 0) is 43.5 Å². The van der Waals surface area contributed by atoms with E-state index in [4.69, 9.17) is 9.84 Å². The number of hydrogen-bond donors (Lipinski definition) is 2. The number of benzene rings is 1. The number of hydrogen-bond acceptors (Lipinski definition) is 6. The van der Waals surface area contributed by atoms with Gasteiger partial charge in [-0.3, -0.25) is 9.36 Å². The summed E-state index contributed by atoms with van der Waals surface area (Å²) < 4.78 is 7.79. The second-order valence-corrected chi connectivity index (χ2v) is 9.52. The monoisotopic (exact) mass is 479 g/mol. The Hall–Kier alpha value is -3.62. The highest BCUT2D eigenvalue weighted by Gasteiger charge is 2.23. The fraction of sp³-hybridized carbons (Fsp3) is 0.462. The van der Waals surface area contributed by atoms with E-state index >= 15 is 0 Å². The summed E-state index contributed by atoms with van der Waals surface area (Å²) in [6.45, 7) is 9.22. The molecule has 0 radical (unpaired) electrons. The van der Waals surface area contributed by atoms with Crippen LogP contribution in [-0.4, -0.2) is 49.8 Å². The molecule has 3 heterocycles. The van der Waals surface area contributed by atoms with E-state index in [1.807, 2.05) is 38.1 Å². The minimum atomic E-state index is -0.873. The Bertz CT molecular complexity index is 1230. The summed E-state index contributed by atoms with van der Waals surface area (Å²) in [5, 5.41) is 13.2. The summed E-state index contributed by atoms with van der Waals surface area (Å²) in [5.74, 6) is 1.52. The molecule has 1 fully saturated rings. The zero-order valence-corrected chi connectivity index (χ0v) is 20.6. The molecule has 0 aliphatic carbocycles. The summed E-state index contributed by atoms with van der Waals surface area (Å²) in [7, 11) is 0. The maximum absolute atomic E-state index is 12.6. The van der Waals surface area contributed by atoms with E-state index in [1.54, 1.807) is 22.9 Å². The number of nitrogens with zero attached hydrogens (tertiary/aromatic N) is 4. The molecular formula is C26H33N5O4. The van der Waals surface area contributed by atoms with Gasteiger partial charge in [0.2, 0.25) is 5.95 Å². The Morgan fingerprint density at radius 2 is 1.77 bits per heavy atom. The van der Waals surface area contributed by atoms with E-state index in [1.165, 1.54) is 4.90 Å². The van der Waals surface area contributed by atoms with Crippen molar-refractivity contribution in [3.8, 4) is 5.75 Å². The number of likely N-dealkylation sites (tertiary alicyclic amines) is 1. The second kappa shape index (κ2) is 10.3. The first kappa shape index (κ1) is 24.5. The topological polar surface area (TPSA) is 110 Å². The van der Waals surface area contributed by atoms with Crippen molar-refractivity contribution in [2.75, 3.05) is 18.4 Å². The van der Waals surface area contributed by atoms with Gasteiger partial charge in [0.15, 0.2) is 0 Å². The van der Waals surface area contributed by atoms with Crippen LogP contribution in [0.2, 0.25) is 0 Å². The first-order chi connectivity index (χ1) is 16.7. The lowest BCUT2D eigenvalue weighted by Gasteiger charge is -2.30. The number of amides is 1. The lowest BCUT2D eigenvalue weighted by atomic mass is 10.1. The lowest BCUT2D eigenvalue weighted by Crippen LogP contribution is -2.41. The van der Waals surface area contributed by atoms with Crippen molar-refractivity contribution in [2.45, 2.75) is 58.7 Å². The Morgan fingerprint density at radius 1 is 1.09 bits per heavy atom. The molecule has 9 nitrogen and oxygen atoms in total. The number of anilines is 1. The molecule has 4 rings (SSSR count). The fourth-order valence-corrected chi connectivity index (χ4v) is 4.27. The average Bonchev–Trinajstić information content (AvgIpc) is 2.84. The Kier molecular flexibility index (Phi) is 7.23. The molecule has 1 aromatic carbocycles. The van der Waals surface area contributed by atoms with Gasteiger partial charge < -0.3 is 20.1 Å². The summed E-state index contributed by atoms with van der Waals surface area (Å²) in [5.41, 5.74) is 1.60. The van der Waals surface area contributed by atoms with Crippen LogP contribution in [0.15, 0.2) is 47.4 Å². The molecule has 2 N–H and O–H groups in total. The molecule has 0 bridgehead atoms. The van der Waals surface area contributed by atoms with Crippen molar-refractivity contribution >= 4 is 23.1 Å². The Morgan fingerprint density at radius 3 is 2.40 bits per heavy atom. The van der Waals surface area contributed by atoms with Gasteiger partial charge in [0, 0.05) is 49.6 Å². The number of piperidine rings is 1. The molecule has 1 aliphatic rings. The molecule has 0 saturated carbocycles. The number of rotatable bonds is 7. The normalized spacial score (nSPS) is 16.3. The zero-order valence-electron chi connectivity index (χ0n) is 20.6. The van der Waals surface area contributed by atoms with Crippen LogP contribution in [0.4, 0.5) is 10.7 Å². The highest BCUT2D eigenvalue weighted by atomic mass is 16.5. The molecule has 0 unspecified atom stereocenters. The highest BCUT2D eigenvalue weighted by Crippen LogP contribution is 2.25. The van der Waals surface area contributed by atoms with Gasteiger partial charge in [-0.15, -0.1) is 0 Å². The zero-order chi connectivity index (χ0) is 25.1. The second-order valence-electron chi connectivity index (χ2n) is 9.52. The van der Waals surface area contributed by atoms with E-state index in [2.05, 4.69) is 29.1 Å². The summed E-state index contributed by atoms with van der Waals surface area (Å²) in [6, 6.07) is 11.1. The van der Waals surface area contributed by atoms with Gasteiger partial charge in [0.1, 0.15) is 17.5 Å². The molecule has 3 aromatic rings. The minimum Gasteiger partial charge on any atom is -0.490 e. The van der Waals surface area contributed by atoms with Crippen LogP contribution in [0.3, 0.4) is 0 Å². The predicted molar refractivity (Wildman–Crippen MR) is 135 cm³/mol. The van der Waals surface area contributed by atoms with E-state index in [9.17, 15) is 9.59 Å². The molecule has 1 saturated heterocycles. The standard InChI is InChI=1S/C26H33N5O4/c1-16(2)18(4)31-23(32)10-7-20-15-27-25(29-24(20)31)28-17(3)19-5-8-21(9-6-19)35-22-11-13-30(14-12-22)26(33)34/h5-10,15-18,22H,11-14H2,1-4H3,(H,33,34)(H,27,28,29)/t17-,18-/m0/s1. The van der Waals surface area contributed by atoms with Gasteiger partial charge >= 0.3 is 6.09 Å². The highest BCUT2D eigenvalue weighted by molar-refractivity contribution is 5.75. The van der Waals surface area contributed by atoms with E-state index in [0.29, 0.717) is 37.5 Å². The molecule has 1 aliphatic heterocycles. The first-order valence-electron chi connectivity index (χ1n) is 12.1. The van der Waals surface area contributed by atoms with Gasteiger partial charge in [-0.2, -0.15) is 4.98 Å². The van der Waals surface area contributed by atoms with Crippen LogP contribution in [0.25, 0.3) is 11.0 Å². The quantitative estimate of drug-likeness (QED) is 0.505. The molecule has 35 heavy (non-hydrogen) atoms. The van der Waals surface area contributed by atoms with Gasteiger partial charge in [-0.25, -0.2) is 9.78 Å². The van der Waals surface area contributed by atoms with E-state index in [0.717, 1.165) is 16.7 Å². The van der Waals surface area contributed by atoms with Crippen molar-refractivity contribution in [3.05, 3.63) is 58.5 Å². The van der Waals surface area contributed by atoms with Crippen LogP contribution in [0.1, 0.15) is 58.2 Å². The van der Waals surface area contributed by atoms with E-state index in [-0.39, 0.29) is 29.7 Å². The number of carbonyl (C=O) groups is 1. The number of carboxylic acid groups (broad SMARTS) is 1. The van der Waals surface area contributed by atoms with Crippen LogP contribution in [0.5, 0.6) is 5.75 Å². The number of aromatic nitrogens is 3. The van der Waals surface area contributed by atoms with E-state index < -0.39 is 6.09 Å². The molecule has 186 valence electrons. The average molecular weight is 480 g/mol. The molecule has 2 atom stereocenters. The number of nitrogens with one attached hydrogen (secondary N) is 1. The molecule has 9 heteroatoms. The molecule has 0 spiro atoms. The maximum Gasteiger partial charge on any atom is 0.407 e. The van der Waals surface area contributed by atoms with Crippen molar-refractivity contribution in [3.63, 3.8) is 0 Å². The molecule has 1 amide bonds. The van der Waals surface area contributed by atoms with Gasteiger partial charge in [-0.1, -0.05) is 26.0 Å². The van der Waals surface area contributed by atoms with Crippen LogP contribution in [-0.2, 0) is 0 Å². The predicted octanol–water partition coefficient (Wildman–Crippen LogP) is 4.70. The third-order valence-corrected chi connectivity index (χ3v) is 6.78. The molecule has 2 aromatic heterocycles. The fourth-order valence-electron chi connectivity index (χ4n) is 4.27. The SMILES string of the molecule is CC(C)[C@H](C)n1c(=O)ccc2cnc(N[C@@H](C)c3ccc(OC4CCN(C(=O)O)CC4)cc3)nc21. The Balaban J connectivity index is 1.44. The minimum absolute atomic E-state index is 0.00952. The van der Waals surface area contributed by atoms with Crippen LogP contribution < -0.4 is 15.6 Å². The lowest BCUT2D eigenvalue weighted by molar-refractivity contribution is 0.0894. The van der Waals surface area contributed by atoms with Crippen LogP contribution in [0, 0.1) is 5.92 Å². The first-order valence-corrected chi connectivity index (χ1v) is 12.1. The smallest absolute Gasteiger partial charge is 0.407 e. The third kappa shape index (κ3) is 5.55. The van der Waals surface area contributed by atoms with Crippen molar-refractivity contribution in [1.29, 1.82) is 0 Å². The van der Waals surface area contributed by atoms with Gasteiger partial charge in [0.25, 0.3) is 5.56 Å². The van der Waals surface area contributed by atoms with Crippen molar-refractivity contribution in [2.24, 2.45) is 5.92 Å². The van der Waals surface area contributed by atoms with Crippen molar-refractivity contribution in [1.82, 2.24) is 19.4 Å². The molecular weight excluding hydrogens is 446 g/mol. The third-order valence-electron chi connectivity index (χ3n) is 6.78. The number of fused-ring (bicyclic) bond motifs is 1. The summed E-state index contributed by atoms with van der Waals surface area (Å²) in [6.07, 6.45) is 2.26. The van der Waals surface area contributed by atoms with Crippen LogP contribution >= 0.6 is 0 Å². The number of ether oxygens (including phenoxy) is 1. The number of pyridine rings is 1. The largest absolute Gasteiger partial charge is 0.490 e. The Labute approximate surface area is 204 Å². The summed E-state index contributed by atoms with van der Waals surface area (Å²) in [4.78, 5) is 34.2. The van der Waals surface area contributed by atoms with Crippen molar-refractivity contribution < 1.29 is 14.6 Å². The summed E-state index contributed by atoms with van der Waals surface area (Å²) >= 11 is 0. The maximum atomic E-state index is 12.6.